The van der Waals surface area contributed by atoms with E-state index in [2.05, 4.69) is 0 Å². The van der Waals surface area contributed by atoms with Crippen LogP contribution in [0.25, 0.3) is 0 Å². The van der Waals surface area contributed by atoms with Crippen LogP contribution in [0.3, 0.4) is 0 Å². The van der Waals surface area contributed by atoms with Crippen LogP contribution in [-0.4, -0.2) is 14.7 Å². The summed E-state index contributed by atoms with van der Waals surface area (Å²) in [4.78, 5) is 10.9. The highest BCUT2D eigenvalue weighted by atomic mass is 35.5. The lowest BCUT2D eigenvalue weighted by molar-refractivity contribution is 0.112. The average molecular weight is 334 g/mol. The Kier molecular flexibility index (Phi) is 3.76. The lowest BCUT2D eigenvalue weighted by Gasteiger charge is -2.26. The van der Waals surface area contributed by atoms with Crippen LogP contribution in [0.15, 0.2) is 59.6 Å². The van der Waals surface area contributed by atoms with E-state index in [1.165, 1.54) is 22.6 Å². The number of aldehydes is 1. The van der Waals surface area contributed by atoms with Gasteiger partial charge in [0.15, 0.2) is 0 Å². The maximum atomic E-state index is 12.8. The number of allylic oxidation sites excluding steroid dienone is 1. The van der Waals surface area contributed by atoms with Gasteiger partial charge >= 0.3 is 0 Å². The van der Waals surface area contributed by atoms with E-state index in [0.717, 1.165) is 5.56 Å². The van der Waals surface area contributed by atoms with Crippen LogP contribution in [0, 0.1) is 0 Å². The molecule has 1 aliphatic heterocycles. The van der Waals surface area contributed by atoms with Crippen LogP contribution in [0.2, 0.25) is 5.02 Å². The summed E-state index contributed by atoms with van der Waals surface area (Å²) >= 11 is 5.96. The predicted molar refractivity (Wildman–Crippen MR) is 85.8 cm³/mol. The van der Waals surface area contributed by atoms with Crippen LogP contribution in [0.5, 0.6) is 0 Å². The third-order valence-electron chi connectivity index (χ3n) is 3.41. The first-order valence-electron chi connectivity index (χ1n) is 6.57. The number of nitrogens with zero attached hydrogens (tertiary/aromatic N) is 1. The Hall–Kier alpha value is -2.11. The Bertz CT molecular complexity index is 875. The van der Waals surface area contributed by atoms with Crippen molar-refractivity contribution in [2.45, 2.75) is 11.3 Å². The monoisotopic (exact) mass is 333 g/mol. The number of sulfonamides is 1. The Morgan fingerprint density at radius 3 is 2.73 bits per heavy atom. The molecule has 0 spiro atoms. The molecule has 1 heterocycles. The highest BCUT2D eigenvalue weighted by Crippen LogP contribution is 2.32. The lowest BCUT2D eigenvalue weighted by atomic mass is 10.1. The molecule has 3 rings (SSSR count). The van der Waals surface area contributed by atoms with Gasteiger partial charge in [0.05, 0.1) is 10.6 Å². The van der Waals surface area contributed by atoms with Crippen molar-refractivity contribution in [3.63, 3.8) is 0 Å². The number of carbonyl (C=O) groups is 1. The quantitative estimate of drug-likeness (QED) is 0.809. The van der Waals surface area contributed by atoms with Crippen LogP contribution in [0.1, 0.15) is 15.9 Å². The molecule has 0 radical (unpaired) electrons. The molecule has 22 heavy (non-hydrogen) atoms. The van der Waals surface area contributed by atoms with Gasteiger partial charge in [0.25, 0.3) is 10.0 Å². The first-order chi connectivity index (χ1) is 10.5. The number of hydrogen-bond acceptors (Lipinski definition) is 3. The molecule has 6 heteroatoms. The van der Waals surface area contributed by atoms with Crippen molar-refractivity contribution < 1.29 is 13.2 Å². The van der Waals surface area contributed by atoms with Gasteiger partial charge < -0.3 is 0 Å². The molecule has 2 aromatic carbocycles. The van der Waals surface area contributed by atoms with E-state index in [9.17, 15) is 13.2 Å². The zero-order chi connectivity index (χ0) is 15.7. The summed E-state index contributed by atoms with van der Waals surface area (Å²) in [5, 5.41) is 0.564. The second-order valence-corrected chi connectivity index (χ2v) is 7.10. The minimum Gasteiger partial charge on any atom is -0.298 e. The van der Waals surface area contributed by atoms with Crippen LogP contribution >= 0.6 is 11.6 Å². The molecule has 0 aliphatic carbocycles. The number of fused-ring (bicyclic) bond motifs is 1. The van der Waals surface area contributed by atoms with Crippen molar-refractivity contribution in [1.82, 2.24) is 0 Å². The van der Waals surface area contributed by atoms with Gasteiger partial charge in [-0.15, -0.1) is 0 Å². The molecule has 0 saturated heterocycles. The van der Waals surface area contributed by atoms with Gasteiger partial charge in [0.2, 0.25) is 0 Å². The molecule has 0 bridgehead atoms. The number of rotatable bonds is 3. The zero-order valence-corrected chi connectivity index (χ0v) is 13.0. The minimum atomic E-state index is -3.78. The molecule has 0 aromatic heterocycles. The van der Waals surface area contributed by atoms with Crippen LogP contribution in [-0.2, 0) is 16.4 Å². The van der Waals surface area contributed by atoms with Gasteiger partial charge in [-0.25, -0.2) is 12.7 Å². The number of benzene rings is 2. The zero-order valence-electron chi connectivity index (χ0n) is 11.4. The topological polar surface area (TPSA) is 54.5 Å². The maximum absolute atomic E-state index is 12.8. The van der Waals surface area contributed by atoms with E-state index >= 15 is 0 Å². The number of carbonyl (C=O) groups excluding carboxylic acids is 1. The number of halogens is 1. The van der Waals surface area contributed by atoms with Crippen LogP contribution in [0.4, 0.5) is 5.69 Å². The smallest absolute Gasteiger partial charge is 0.268 e. The summed E-state index contributed by atoms with van der Waals surface area (Å²) in [5.41, 5.74) is 1.73. The second kappa shape index (κ2) is 5.59. The fraction of sp³-hybridized carbons (Fsp3) is 0.0625. The minimum absolute atomic E-state index is 0.0737. The molecular formula is C16H12ClNO3S. The molecule has 0 N–H and O–H groups in total. The Morgan fingerprint density at radius 2 is 1.95 bits per heavy atom. The van der Waals surface area contributed by atoms with E-state index in [1.807, 2.05) is 0 Å². The summed E-state index contributed by atoms with van der Waals surface area (Å²) in [6.45, 7) is 0. The van der Waals surface area contributed by atoms with Gasteiger partial charge in [-0.3, -0.25) is 4.79 Å². The van der Waals surface area contributed by atoms with Gasteiger partial charge in [-0.05, 0) is 42.3 Å². The molecule has 112 valence electrons. The predicted octanol–water partition coefficient (Wildman–Crippen LogP) is 3.42. The van der Waals surface area contributed by atoms with Gasteiger partial charge in [-0.1, -0.05) is 29.8 Å². The average Bonchev–Trinajstić information content (AvgIpc) is 2.54. The van der Waals surface area contributed by atoms with Crippen molar-refractivity contribution in [1.29, 1.82) is 0 Å². The normalized spacial score (nSPS) is 13.8. The van der Waals surface area contributed by atoms with E-state index in [0.29, 0.717) is 29.0 Å². The Balaban J connectivity index is 2.12. The van der Waals surface area contributed by atoms with E-state index in [1.54, 1.807) is 36.4 Å². The fourth-order valence-corrected chi connectivity index (χ4v) is 4.00. The summed E-state index contributed by atoms with van der Waals surface area (Å²) < 4.78 is 26.9. The Morgan fingerprint density at radius 1 is 1.14 bits per heavy atom. The van der Waals surface area contributed by atoms with Gasteiger partial charge in [0.1, 0.15) is 6.29 Å². The van der Waals surface area contributed by atoms with Crippen LogP contribution < -0.4 is 4.31 Å². The van der Waals surface area contributed by atoms with E-state index in [-0.39, 0.29) is 4.90 Å². The molecule has 0 amide bonds. The molecule has 0 atom stereocenters. The molecule has 4 nitrogen and oxygen atoms in total. The molecule has 0 unspecified atom stereocenters. The molecular weight excluding hydrogens is 322 g/mol. The highest BCUT2D eigenvalue weighted by Gasteiger charge is 2.26. The van der Waals surface area contributed by atoms with Crippen molar-refractivity contribution in [3.05, 3.63) is 70.9 Å². The van der Waals surface area contributed by atoms with Crippen molar-refractivity contribution in [2.75, 3.05) is 4.31 Å². The molecule has 2 aromatic rings. The summed E-state index contributed by atoms with van der Waals surface area (Å²) in [6.07, 6.45) is 4.54. The summed E-state index contributed by atoms with van der Waals surface area (Å²) in [6, 6.07) is 11.0. The summed E-state index contributed by atoms with van der Waals surface area (Å²) in [7, 11) is -3.78. The van der Waals surface area contributed by atoms with Crippen molar-refractivity contribution in [2.24, 2.45) is 0 Å². The standard InChI is InChI=1S/C16H12ClNO3S/c17-14-6-7-16-13(10-14)4-2-8-18(16)22(20,21)15-5-1-3-12(9-15)11-19/h1-3,5-11H,4H2. The fourth-order valence-electron chi connectivity index (χ4n) is 2.36. The molecule has 1 aliphatic rings. The number of hydrogen-bond donors (Lipinski definition) is 0. The lowest BCUT2D eigenvalue weighted by Crippen LogP contribution is -2.28. The summed E-state index contributed by atoms with van der Waals surface area (Å²) in [5.74, 6) is 0. The first kappa shape index (κ1) is 14.8. The molecule has 0 saturated carbocycles. The third kappa shape index (κ3) is 2.53. The SMILES string of the molecule is O=Cc1cccc(S(=O)(=O)N2C=CCc3cc(Cl)ccc32)c1. The number of anilines is 1. The highest BCUT2D eigenvalue weighted by molar-refractivity contribution is 7.93. The first-order valence-corrected chi connectivity index (χ1v) is 8.39. The Labute approximate surface area is 133 Å². The second-order valence-electron chi connectivity index (χ2n) is 4.85. The molecule has 0 fully saturated rings. The van der Waals surface area contributed by atoms with Crippen molar-refractivity contribution >= 4 is 33.6 Å². The largest absolute Gasteiger partial charge is 0.298 e. The van der Waals surface area contributed by atoms with E-state index in [4.69, 9.17) is 11.6 Å². The van der Waals surface area contributed by atoms with Gasteiger partial charge in [-0.2, -0.15) is 0 Å². The van der Waals surface area contributed by atoms with Crippen molar-refractivity contribution in [3.8, 4) is 0 Å². The van der Waals surface area contributed by atoms with Gasteiger partial charge in [0, 0.05) is 16.8 Å². The third-order valence-corrected chi connectivity index (χ3v) is 5.33. The van der Waals surface area contributed by atoms with E-state index < -0.39 is 10.0 Å². The maximum Gasteiger partial charge on any atom is 0.268 e.